The Balaban J connectivity index is 2.64. The first-order chi connectivity index (χ1) is 8.71. The standard InChI is InChI=1S/C15H24N2O2/c1-10(18)13(16)9-17-14(19)11-5-7-12(8-6-11)15(2,3)4/h5-8,10,13,18H,9,16H2,1-4H3,(H,17,19). The highest BCUT2D eigenvalue weighted by molar-refractivity contribution is 5.94. The predicted molar refractivity (Wildman–Crippen MR) is 77.1 cm³/mol. The zero-order chi connectivity index (χ0) is 14.6. The number of carbonyl (C=O) groups excluding carboxylic acids is 1. The summed E-state index contributed by atoms with van der Waals surface area (Å²) in [5, 5.41) is 12.0. The molecular formula is C15H24N2O2. The maximum Gasteiger partial charge on any atom is 0.251 e. The lowest BCUT2D eigenvalue weighted by molar-refractivity contribution is 0.0937. The molecule has 1 rings (SSSR count). The van der Waals surface area contributed by atoms with Crippen molar-refractivity contribution in [3.63, 3.8) is 0 Å². The van der Waals surface area contributed by atoms with E-state index >= 15 is 0 Å². The maximum absolute atomic E-state index is 11.9. The maximum atomic E-state index is 11.9. The molecule has 4 nitrogen and oxygen atoms in total. The number of benzene rings is 1. The first-order valence-corrected chi connectivity index (χ1v) is 6.54. The molecule has 2 atom stereocenters. The van der Waals surface area contributed by atoms with Crippen molar-refractivity contribution in [1.82, 2.24) is 5.32 Å². The van der Waals surface area contributed by atoms with Gasteiger partial charge in [0.05, 0.1) is 6.10 Å². The average Bonchev–Trinajstić information content (AvgIpc) is 2.34. The van der Waals surface area contributed by atoms with Crippen LogP contribution in [0.4, 0.5) is 0 Å². The Labute approximate surface area is 115 Å². The summed E-state index contributed by atoms with van der Waals surface area (Å²) in [5.74, 6) is -0.170. The first-order valence-electron chi connectivity index (χ1n) is 6.54. The van der Waals surface area contributed by atoms with E-state index in [1.807, 2.05) is 24.3 Å². The molecule has 4 N–H and O–H groups in total. The van der Waals surface area contributed by atoms with Crippen molar-refractivity contribution in [2.24, 2.45) is 5.73 Å². The van der Waals surface area contributed by atoms with Crippen LogP contribution in [0.1, 0.15) is 43.6 Å². The Morgan fingerprint density at radius 3 is 2.26 bits per heavy atom. The lowest BCUT2D eigenvalue weighted by atomic mass is 9.87. The second-order valence-electron chi connectivity index (χ2n) is 5.94. The van der Waals surface area contributed by atoms with Crippen molar-refractivity contribution in [2.45, 2.75) is 45.3 Å². The Kier molecular flexibility index (Phi) is 5.09. The molecule has 19 heavy (non-hydrogen) atoms. The zero-order valence-corrected chi connectivity index (χ0v) is 12.1. The highest BCUT2D eigenvalue weighted by Gasteiger charge is 2.15. The average molecular weight is 264 g/mol. The van der Waals surface area contributed by atoms with Crippen molar-refractivity contribution in [3.05, 3.63) is 35.4 Å². The van der Waals surface area contributed by atoms with Crippen LogP contribution in [0.3, 0.4) is 0 Å². The van der Waals surface area contributed by atoms with Crippen molar-refractivity contribution in [1.29, 1.82) is 0 Å². The fourth-order valence-electron chi connectivity index (χ4n) is 1.60. The van der Waals surface area contributed by atoms with Crippen molar-refractivity contribution in [2.75, 3.05) is 6.54 Å². The predicted octanol–water partition coefficient (Wildman–Crippen LogP) is 1.42. The fraction of sp³-hybridized carbons (Fsp3) is 0.533. The fourth-order valence-corrected chi connectivity index (χ4v) is 1.60. The van der Waals surface area contributed by atoms with Gasteiger partial charge in [0.1, 0.15) is 0 Å². The Morgan fingerprint density at radius 2 is 1.84 bits per heavy atom. The molecule has 0 saturated heterocycles. The van der Waals surface area contributed by atoms with E-state index in [1.165, 1.54) is 5.56 Å². The van der Waals surface area contributed by atoms with Crippen LogP contribution in [0, 0.1) is 0 Å². The van der Waals surface area contributed by atoms with E-state index in [-0.39, 0.29) is 17.9 Å². The second kappa shape index (κ2) is 6.17. The van der Waals surface area contributed by atoms with Gasteiger partial charge in [0.25, 0.3) is 5.91 Å². The molecule has 0 fully saturated rings. The van der Waals surface area contributed by atoms with Crippen LogP contribution in [-0.4, -0.2) is 29.7 Å². The minimum atomic E-state index is -0.636. The van der Waals surface area contributed by atoms with E-state index in [4.69, 9.17) is 5.73 Å². The minimum absolute atomic E-state index is 0.0731. The topological polar surface area (TPSA) is 75.3 Å². The van der Waals surface area contributed by atoms with Gasteiger partial charge in [-0.25, -0.2) is 0 Å². The van der Waals surface area contributed by atoms with Gasteiger partial charge in [0.15, 0.2) is 0 Å². The third-order valence-corrected chi connectivity index (χ3v) is 3.13. The zero-order valence-electron chi connectivity index (χ0n) is 12.1. The second-order valence-corrected chi connectivity index (χ2v) is 5.94. The molecule has 0 aliphatic heterocycles. The molecule has 0 radical (unpaired) electrons. The molecule has 4 heteroatoms. The van der Waals surface area contributed by atoms with Crippen LogP contribution in [0.5, 0.6) is 0 Å². The monoisotopic (exact) mass is 264 g/mol. The number of hydrogen-bond donors (Lipinski definition) is 3. The van der Waals surface area contributed by atoms with Gasteiger partial charge in [-0.1, -0.05) is 32.9 Å². The van der Waals surface area contributed by atoms with Crippen molar-refractivity contribution < 1.29 is 9.90 Å². The highest BCUT2D eigenvalue weighted by Crippen LogP contribution is 2.22. The summed E-state index contributed by atoms with van der Waals surface area (Å²) in [6, 6.07) is 7.10. The van der Waals surface area contributed by atoms with E-state index in [0.717, 1.165) is 0 Å². The quantitative estimate of drug-likeness (QED) is 0.770. The summed E-state index contributed by atoms with van der Waals surface area (Å²) in [5.41, 5.74) is 7.52. The molecule has 0 aliphatic rings. The van der Waals surface area contributed by atoms with Gasteiger partial charge in [0, 0.05) is 18.2 Å². The minimum Gasteiger partial charge on any atom is -0.392 e. The molecule has 0 aromatic heterocycles. The van der Waals surface area contributed by atoms with Crippen molar-refractivity contribution >= 4 is 5.91 Å². The first kappa shape index (κ1) is 15.7. The molecule has 0 heterocycles. The van der Waals surface area contributed by atoms with E-state index in [1.54, 1.807) is 6.92 Å². The molecule has 106 valence electrons. The molecule has 1 aromatic rings. The third-order valence-electron chi connectivity index (χ3n) is 3.13. The Bertz CT molecular complexity index is 419. The molecule has 1 aromatic carbocycles. The lowest BCUT2D eigenvalue weighted by Gasteiger charge is -2.19. The van der Waals surface area contributed by atoms with Crippen LogP contribution < -0.4 is 11.1 Å². The van der Waals surface area contributed by atoms with Crippen LogP contribution in [-0.2, 0) is 5.41 Å². The van der Waals surface area contributed by atoms with Crippen LogP contribution in [0.25, 0.3) is 0 Å². The number of amides is 1. The molecule has 0 saturated carbocycles. The molecule has 1 amide bonds. The number of nitrogens with two attached hydrogens (primary N) is 1. The van der Waals surface area contributed by atoms with Crippen LogP contribution >= 0.6 is 0 Å². The summed E-state index contributed by atoms with van der Waals surface area (Å²) in [7, 11) is 0. The number of aliphatic hydroxyl groups excluding tert-OH is 1. The molecule has 0 spiro atoms. The number of hydrogen-bond acceptors (Lipinski definition) is 3. The van der Waals surface area contributed by atoms with Gasteiger partial charge in [-0.2, -0.15) is 0 Å². The molecule has 0 bridgehead atoms. The van der Waals surface area contributed by atoms with Gasteiger partial charge < -0.3 is 16.2 Å². The van der Waals surface area contributed by atoms with Gasteiger partial charge >= 0.3 is 0 Å². The lowest BCUT2D eigenvalue weighted by Crippen LogP contribution is -2.43. The van der Waals surface area contributed by atoms with E-state index < -0.39 is 12.1 Å². The summed E-state index contributed by atoms with van der Waals surface area (Å²) in [4.78, 5) is 11.9. The number of carbonyl (C=O) groups is 1. The summed E-state index contributed by atoms with van der Waals surface area (Å²) >= 11 is 0. The van der Waals surface area contributed by atoms with Gasteiger partial charge in [-0.05, 0) is 30.0 Å². The molecular weight excluding hydrogens is 240 g/mol. The SMILES string of the molecule is CC(O)C(N)CNC(=O)c1ccc(C(C)(C)C)cc1. The number of aliphatic hydroxyl groups is 1. The van der Waals surface area contributed by atoms with Gasteiger partial charge in [-0.15, -0.1) is 0 Å². The Hall–Kier alpha value is -1.39. The van der Waals surface area contributed by atoms with E-state index in [2.05, 4.69) is 26.1 Å². The molecule has 0 aliphatic carbocycles. The van der Waals surface area contributed by atoms with Gasteiger partial charge in [-0.3, -0.25) is 4.79 Å². The summed E-state index contributed by atoms with van der Waals surface area (Å²) in [6.45, 7) is 8.25. The summed E-state index contributed by atoms with van der Waals surface area (Å²) in [6.07, 6.45) is -0.636. The van der Waals surface area contributed by atoms with Gasteiger partial charge in [0.2, 0.25) is 0 Å². The van der Waals surface area contributed by atoms with E-state index in [9.17, 15) is 9.90 Å². The van der Waals surface area contributed by atoms with Crippen molar-refractivity contribution in [3.8, 4) is 0 Å². The van der Waals surface area contributed by atoms with Crippen LogP contribution in [0.2, 0.25) is 0 Å². The number of nitrogens with one attached hydrogen (secondary N) is 1. The summed E-state index contributed by atoms with van der Waals surface area (Å²) < 4.78 is 0. The smallest absolute Gasteiger partial charge is 0.251 e. The highest BCUT2D eigenvalue weighted by atomic mass is 16.3. The normalized spacial score (nSPS) is 14.8. The third kappa shape index (κ3) is 4.65. The molecule has 2 unspecified atom stereocenters. The largest absolute Gasteiger partial charge is 0.392 e. The Morgan fingerprint density at radius 1 is 1.32 bits per heavy atom. The van der Waals surface area contributed by atoms with Crippen LogP contribution in [0.15, 0.2) is 24.3 Å². The van der Waals surface area contributed by atoms with E-state index in [0.29, 0.717) is 5.56 Å². The number of rotatable bonds is 4.